The number of carbonyl (C=O) groups excluding carboxylic acids is 1. The number of piperazine rings is 1. The minimum atomic E-state index is -0.330. The summed E-state index contributed by atoms with van der Waals surface area (Å²) in [4.78, 5) is 21.3. The Hall–Kier alpha value is -2.18. The molecule has 0 amide bonds. The first-order valence-electron chi connectivity index (χ1n) is 8.37. The Morgan fingerprint density at radius 3 is 2.71 bits per heavy atom. The number of aliphatic hydroxyl groups excluding tert-OH is 1. The zero-order valence-electron chi connectivity index (χ0n) is 13.9. The van der Waals surface area contributed by atoms with Crippen LogP contribution in [0.2, 0.25) is 0 Å². The molecule has 0 spiro atoms. The maximum absolute atomic E-state index is 12.4. The van der Waals surface area contributed by atoms with Crippen molar-refractivity contribution >= 4 is 22.6 Å². The maximum Gasteiger partial charge on any atom is 0.341 e. The van der Waals surface area contributed by atoms with E-state index in [1.807, 2.05) is 24.3 Å². The van der Waals surface area contributed by atoms with Gasteiger partial charge in [-0.1, -0.05) is 18.2 Å². The van der Waals surface area contributed by atoms with Gasteiger partial charge in [0.15, 0.2) is 0 Å². The lowest BCUT2D eigenvalue weighted by molar-refractivity contribution is 0.0526. The second kappa shape index (κ2) is 7.59. The lowest BCUT2D eigenvalue weighted by atomic mass is 10.1. The minimum Gasteiger partial charge on any atom is -0.462 e. The lowest BCUT2D eigenvalue weighted by Gasteiger charge is -2.36. The average Bonchev–Trinajstić information content (AvgIpc) is 2.62. The molecule has 0 radical (unpaired) electrons. The number of anilines is 1. The van der Waals surface area contributed by atoms with Gasteiger partial charge in [-0.15, -0.1) is 0 Å². The van der Waals surface area contributed by atoms with Crippen LogP contribution in [0, 0.1) is 0 Å². The third kappa shape index (κ3) is 3.34. The van der Waals surface area contributed by atoms with Crippen LogP contribution in [0.15, 0.2) is 30.5 Å². The number of esters is 1. The van der Waals surface area contributed by atoms with E-state index < -0.39 is 0 Å². The lowest BCUT2D eigenvalue weighted by Crippen LogP contribution is -2.47. The van der Waals surface area contributed by atoms with Gasteiger partial charge in [-0.25, -0.2) is 4.79 Å². The summed E-state index contributed by atoms with van der Waals surface area (Å²) in [5.41, 5.74) is 2.30. The Morgan fingerprint density at radius 2 is 2.00 bits per heavy atom. The number of benzene rings is 1. The highest BCUT2D eigenvalue weighted by molar-refractivity contribution is 6.05. The Balaban J connectivity index is 1.98. The van der Waals surface area contributed by atoms with E-state index in [-0.39, 0.29) is 12.6 Å². The Morgan fingerprint density at radius 1 is 1.25 bits per heavy atom. The fraction of sp³-hybridized carbons (Fsp3) is 0.444. The summed E-state index contributed by atoms with van der Waals surface area (Å²) in [6.07, 6.45) is 1.62. The molecule has 6 nitrogen and oxygen atoms in total. The molecule has 1 saturated heterocycles. The molecule has 1 aromatic carbocycles. The van der Waals surface area contributed by atoms with E-state index in [0.717, 1.165) is 42.8 Å². The number of hydrogen-bond acceptors (Lipinski definition) is 6. The van der Waals surface area contributed by atoms with Gasteiger partial charge in [-0.3, -0.25) is 9.88 Å². The molecular weight excluding hydrogens is 306 g/mol. The van der Waals surface area contributed by atoms with Crippen LogP contribution in [-0.4, -0.2) is 66.9 Å². The second-order valence-electron chi connectivity index (χ2n) is 5.81. The third-order valence-corrected chi connectivity index (χ3v) is 4.35. The van der Waals surface area contributed by atoms with Crippen LogP contribution in [-0.2, 0) is 4.74 Å². The number of aromatic nitrogens is 1. The molecule has 0 aliphatic carbocycles. The normalized spacial score (nSPS) is 15.7. The topological polar surface area (TPSA) is 65.9 Å². The highest BCUT2D eigenvalue weighted by Crippen LogP contribution is 2.31. The van der Waals surface area contributed by atoms with Crippen molar-refractivity contribution in [3.63, 3.8) is 0 Å². The van der Waals surface area contributed by atoms with Gasteiger partial charge in [-0.2, -0.15) is 0 Å². The van der Waals surface area contributed by atoms with Crippen LogP contribution in [0.25, 0.3) is 10.9 Å². The number of fused-ring (bicyclic) bond motifs is 1. The maximum atomic E-state index is 12.4. The summed E-state index contributed by atoms with van der Waals surface area (Å²) >= 11 is 0. The highest BCUT2D eigenvalue weighted by Gasteiger charge is 2.24. The number of carbonyl (C=O) groups is 1. The van der Waals surface area contributed by atoms with Gasteiger partial charge in [0.2, 0.25) is 0 Å². The molecule has 128 valence electrons. The number of aliphatic hydroxyl groups is 1. The Bertz CT molecular complexity index is 712. The van der Waals surface area contributed by atoms with E-state index in [2.05, 4.69) is 14.8 Å². The summed E-state index contributed by atoms with van der Waals surface area (Å²) in [6.45, 7) is 6.34. The van der Waals surface area contributed by atoms with Crippen molar-refractivity contribution in [3.05, 3.63) is 36.0 Å². The standard InChI is InChI=1S/C18H23N3O3/c1-2-24-18(23)15-13-19-16-6-4-3-5-14(16)17(15)21-9-7-20(8-10-21)11-12-22/h3-6,13,22H,2,7-12H2,1H3. The van der Waals surface area contributed by atoms with E-state index in [1.165, 1.54) is 0 Å². The molecule has 1 N–H and O–H groups in total. The molecule has 1 aliphatic heterocycles. The Labute approximate surface area is 141 Å². The number of β-amino-alcohol motifs (C(OH)–C–C–N with tert-alkyl or cyclic N) is 1. The number of ether oxygens (including phenoxy) is 1. The predicted molar refractivity (Wildman–Crippen MR) is 93.4 cm³/mol. The van der Waals surface area contributed by atoms with E-state index in [9.17, 15) is 4.79 Å². The first-order chi connectivity index (χ1) is 11.7. The van der Waals surface area contributed by atoms with E-state index in [1.54, 1.807) is 13.1 Å². The summed E-state index contributed by atoms with van der Waals surface area (Å²) in [6, 6.07) is 7.86. The summed E-state index contributed by atoms with van der Waals surface area (Å²) in [5.74, 6) is -0.330. The van der Waals surface area contributed by atoms with Crippen molar-refractivity contribution in [3.8, 4) is 0 Å². The molecule has 2 aromatic rings. The zero-order chi connectivity index (χ0) is 16.9. The van der Waals surface area contributed by atoms with Gasteiger partial charge in [0.05, 0.1) is 24.4 Å². The quantitative estimate of drug-likeness (QED) is 0.839. The zero-order valence-corrected chi connectivity index (χ0v) is 13.9. The fourth-order valence-corrected chi connectivity index (χ4v) is 3.16. The first kappa shape index (κ1) is 16.7. The summed E-state index contributed by atoms with van der Waals surface area (Å²) in [5, 5.41) is 10.1. The van der Waals surface area contributed by atoms with E-state index >= 15 is 0 Å². The van der Waals surface area contributed by atoms with Crippen LogP contribution in [0.5, 0.6) is 0 Å². The van der Waals surface area contributed by atoms with Gasteiger partial charge in [-0.05, 0) is 13.0 Å². The molecule has 0 saturated carbocycles. The fourth-order valence-electron chi connectivity index (χ4n) is 3.16. The average molecular weight is 329 g/mol. The molecule has 3 rings (SSSR count). The van der Waals surface area contributed by atoms with Gasteiger partial charge in [0.25, 0.3) is 0 Å². The van der Waals surface area contributed by atoms with Crippen molar-refractivity contribution in [1.82, 2.24) is 9.88 Å². The third-order valence-electron chi connectivity index (χ3n) is 4.35. The van der Waals surface area contributed by atoms with Gasteiger partial charge in [0, 0.05) is 44.3 Å². The molecule has 0 atom stereocenters. The SMILES string of the molecule is CCOC(=O)c1cnc2ccccc2c1N1CCN(CCO)CC1. The number of nitrogens with zero attached hydrogens (tertiary/aromatic N) is 3. The molecule has 1 fully saturated rings. The monoisotopic (exact) mass is 329 g/mol. The van der Waals surface area contributed by atoms with Crippen molar-refractivity contribution in [2.75, 3.05) is 50.8 Å². The van der Waals surface area contributed by atoms with Crippen LogP contribution in [0.4, 0.5) is 5.69 Å². The number of rotatable bonds is 5. The Kier molecular flexibility index (Phi) is 5.27. The summed E-state index contributed by atoms with van der Waals surface area (Å²) < 4.78 is 5.22. The molecule has 24 heavy (non-hydrogen) atoms. The molecule has 1 aliphatic rings. The first-order valence-corrected chi connectivity index (χ1v) is 8.37. The second-order valence-corrected chi connectivity index (χ2v) is 5.81. The molecule has 1 aromatic heterocycles. The van der Waals surface area contributed by atoms with Crippen molar-refractivity contribution < 1.29 is 14.6 Å². The van der Waals surface area contributed by atoms with Crippen molar-refractivity contribution in [1.29, 1.82) is 0 Å². The van der Waals surface area contributed by atoms with Crippen LogP contribution in [0.3, 0.4) is 0 Å². The largest absolute Gasteiger partial charge is 0.462 e. The van der Waals surface area contributed by atoms with E-state index in [4.69, 9.17) is 9.84 Å². The molecule has 0 unspecified atom stereocenters. The minimum absolute atomic E-state index is 0.173. The number of pyridine rings is 1. The van der Waals surface area contributed by atoms with Crippen molar-refractivity contribution in [2.45, 2.75) is 6.92 Å². The predicted octanol–water partition coefficient (Wildman–Crippen LogP) is 1.53. The molecule has 6 heteroatoms. The van der Waals surface area contributed by atoms with Crippen LogP contribution >= 0.6 is 0 Å². The van der Waals surface area contributed by atoms with E-state index in [0.29, 0.717) is 18.7 Å². The molecular formula is C18H23N3O3. The number of hydrogen-bond donors (Lipinski definition) is 1. The van der Waals surface area contributed by atoms with Crippen molar-refractivity contribution in [2.24, 2.45) is 0 Å². The number of para-hydroxylation sites is 1. The van der Waals surface area contributed by atoms with Gasteiger partial charge in [0.1, 0.15) is 5.56 Å². The smallest absolute Gasteiger partial charge is 0.341 e. The molecule has 0 bridgehead atoms. The summed E-state index contributed by atoms with van der Waals surface area (Å²) in [7, 11) is 0. The van der Waals surface area contributed by atoms with Gasteiger partial charge >= 0.3 is 5.97 Å². The van der Waals surface area contributed by atoms with Gasteiger partial charge < -0.3 is 14.7 Å². The van der Waals surface area contributed by atoms with Crippen LogP contribution < -0.4 is 4.90 Å². The van der Waals surface area contributed by atoms with Crippen LogP contribution in [0.1, 0.15) is 17.3 Å². The molecule has 2 heterocycles. The highest BCUT2D eigenvalue weighted by atomic mass is 16.5.